The standard InChI is InChI=1S/C15H14ClNO/c16-12-5-1-4-11(9-12)15(18)13-6-2-3-10-7-8-17-14(10)13/h1-6,9,15,17-18H,7-8H2. The SMILES string of the molecule is OC(c1cccc(Cl)c1)c1cccc2c1NCC2. The minimum atomic E-state index is -0.635. The van der Waals surface area contributed by atoms with E-state index in [0.29, 0.717) is 5.02 Å². The second-order valence-electron chi connectivity index (χ2n) is 4.52. The van der Waals surface area contributed by atoms with Crippen molar-refractivity contribution in [2.45, 2.75) is 12.5 Å². The number of anilines is 1. The van der Waals surface area contributed by atoms with Gasteiger partial charge in [0.25, 0.3) is 0 Å². The second-order valence-corrected chi connectivity index (χ2v) is 4.95. The van der Waals surface area contributed by atoms with Crippen LogP contribution >= 0.6 is 11.6 Å². The predicted octanol–water partition coefficient (Wildman–Crippen LogP) is 3.39. The number of rotatable bonds is 2. The topological polar surface area (TPSA) is 32.3 Å². The molecule has 0 saturated heterocycles. The Bertz CT molecular complexity index is 582. The average Bonchev–Trinajstić information content (AvgIpc) is 2.86. The van der Waals surface area contributed by atoms with Crippen molar-refractivity contribution >= 4 is 17.3 Å². The van der Waals surface area contributed by atoms with Crippen LogP contribution in [0.2, 0.25) is 5.02 Å². The third-order valence-corrected chi connectivity index (χ3v) is 3.57. The first-order valence-corrected chi connectivity index (χ1v) is 6.42. The van der Waals surface area contributed by atoms with Gasteiger partial charge in [0.15, 0.2) is 0 Å². The zero-order valence-corrected chi connectivity index (χ0v) is 10.6. The third-order valence-electron chi connectivity index (χ3n) is 3.34. The molecule has 1 aliphatic heterocycles. The van der Waals surface area contributed by atoms with Gasteiger partial charge in [-0.05, 0) is 29.7 Å². The Labute approximate surface area is 111 Å². The molecule has 92 valence electrons. The van der Waals surface area contributed by atoms with E-state index in [1.807, 2.05) is 30.3 Å². The van der Waals surface area contributed by atoms with Gasteiger partial charge in [0.2, 0.25) is 0 Å². The lowest BCUT2D eigenvalue weighted by Gasteiger charge is -2.16. The number of nitrogens with one attached hydrogen (secondary N) is 1. The van der Waals surface area contributed by atoms with Crippen molar-refractivity contribution < 1.29 is 5.11 Å². The first-order valence-electron chi connectivity index (χ1n) is 6.05. The van der Waals surface area contributed by atoms with Crippen LogP contribution in [0.3, 0.4) is 0 Å². The number of benzene rings is 2. The average molecular weight is 260 g/mol. The Kier molecular flexibility index (Phi) is 2.98. The highest BCUT2D eigenvalue weighted by Gasteiger charge is 2.19. The molecular weight excluding hydrogens is 246 g/mol. The summed E-state index contributed by atoms with van der Waals surface area (Å²) in [6.45, 7) is 0.939. The molecule has 1 aliphatic rings. The van der Waals surface area contributed by atoms with Crippen LogP contribution < -0.4 is 5.32 Å². The highest BCUT2D eigenvalue weighted by molar-refractivity contribution is 6.30. The first kappa shape index (κ1) is 11.6. The summed E-state index contributed by atoms with van der Waals surface area (Å²) in [7, 11) is 0. The summed E-state index contributed by atoms with van der Waals surface area (Å²) in [4.78, 5) is 0. The Morgan fingerprint density at radius 3 is 2.83 bits per heavy atom. The number of hydrogen-bond acceptors (Lipinski definition) is 2. The van der Waals surface area contributed by atoms with E-state index in [1.165, 1.54) is 5.56 Å². The van der Waals surface area contributed by atoms with Gasteiger partial charge in [-0.3, -0.25) is 0 Å². The number of hydrogen-bond donors (Lipinski definition) is 2. The summed E-state index contributed by atoms with van der Waals surface area (Å²) < 4.78 is 0. The Morgan fingerprint density at radius 2 is 2.00 bits per heavy atom. The van der Waals surface area contributed by atoms with Gasteiger partial charge in [-0.1, -0.05) is 41.9 Å². The summed E-state index contributed by atoms with van der Waals surface area (Å²) in [5, 5.41) is 14.5. The van der Waals surface area contributed by atoms with E-state index in [1.54, 1.807) is 6.07 Å². The smallest absolute Gasteiger partial charge is 0.106 e. The van der Waals surface area contributed by atoms with E-state index in [0.717, 1.165) is 29.8 Å². The van der Waals surface area contributed by atoms with Crippen LogP contribution in [0.4, 0.5) is 5.69 Å². The summed E-state index contributed by atoms with van der Waals surface area (Å²) in [6, 6.07) is 13.4. The molecule has 0 radical (unpaired) electrons. The van der Waals surface area contributed by atoms with Gasteiger partial charge in [-0.2, -0.15) is 0 Å². The van der Waals surface area contributed by atoms with Gasteiger partial charge >= 0.3 is 0 Å². The minimum absolute atomic E-state index is 0.635. The van der Waals surface area contributed by atoms with Gasteiger partial charge in [0, 0.05) is 22.8 Å². The fourth-order valence-corrected chi connectivity index (χ4v) is 2.65. The molecule has 0 amide bonds. The quantitative estimate of drug-likeness (QED) is 0.867. The van der Waals surface area contributed by atoms with E-state index in [9.17, 15) is 5.11 Å². The number of halogens is 1. The summed E-state index contributed by atoms with van der Waals surface area (Å²) in [5.41, 5.74) is 4.09. The molecule has 0 saturated carbocycles. The predicted molar refractivity (Wildman–Crippen MR) is 74.1 cm³/mol. The van der Waals surface area contributed by atoms with E-state index < -0.39 is 6.10 Å². The van der Waals surface area contributed by atoms with Crippen molar-refractivity contribution in [2.75, 3.05) is 11.9 Å². The number of fused-ring (bicyclic) bond motifs is 1. The van der Waals surface area contributed by atoms with Gasteiger partial charge < -0.3 is 10.4 Å². The highest BCUT2D eigenvalue weighted by atomic mass is 35.5. The molecule has 3 heteroatoms. The van der Waals surface area contributed by atoms with Crippen molar-refractivity contribution in [1.82, 2.24) is 0 Å². The van der Waals surface area contributed by atoms with Crippen LogP contribution in [0.5, 0.6) is 0 Å². The van der Waals surface area contributed by atoms with Crippen LogP contribution in [0.15, 0.2) is 42.5 Å². The lowest BCUT2D eigenvalue weighted by atomic mass is 9.98. The zero-order chi connectivity index (χ0) is 12.5. The van der Waals surface area contributed by atoms with Gasteiger partial charge in [0.05, 0.1) is 0 Å². The Balaban J connectivity index is 2.03. The van der Waals surface area contributed by atoms with E-state index in [2.05, 4.69) is 11.4 Å². The summed E-state index contributed by atoms with van der Waals surface area (Å²) in [5.74, 6) is 0. The summed E-state index contributed by atoms with van der Waals surface area (Å²) in [6.07, 6.45) is 0.384. The van der Waals surface area contributed by atoms with Crippen molar-refractivity contribution in [2.24, 2.45) is 0 Å². The maximum Gasteiger partial charge on any atom is 0.106 e. The van der Waals surface area contributed by atoms with Crippen LogP contribution in [-0.4, -0.2) is 11.7 Å². The molecule has 0 aliphatic carbocycles. The number of aliphatic hydroxyl groups excluding tert-OH is 1. The molecule has 2 aromatic rings. The number of para-hydroxylation sites is 1. The molecule has 3 rings (SSSR count). The molecule has 18 heavy (non-hydrogen) atoms. The molecule has 1 atom stereocenters. The van der Waals surface area contributed by atoms with E-state index in [-0.39, 0.29) is 0 Å². The molecule has 0 spiro atoms. The highest BCUT2D eigenvalue weighted by Crippen LogP contribution is 2.34. The summed E-state index contributed by atoms with van der Waals surface area (Å²) >= 11 is 5.97. The molecule has 1 unspecified atom stereocenters. The molecule has 2 nitrogen and oxygen atoms in total. The van der Waals surface area contributed by atoms with Crippen molar-refractivity contribution in [1.29, 1.82) is 0 Å². The first-order chi connectivity index (χ1) is 8.75. The van der Waals surface area contributed by atoms with Crippen molar-refractivity contribution in [3.8, 4) is 0 Å². The van der Waals surface area contributed by atoms with Gasteiger partial charge in [0.1, 0.15) is 6.10 Å². The van der Waals surface area contributed by atoms with Crippen molar-refractivity contribution in [3.63, 3.8) is 0 Å². The molecular formula is C15H14ClNO. The molecule has 2 aromatic carbocycles. The van der Waals surface area contributed by atoms with Crippen LogP contribution in [0.1, 0.15) is 22.8 Å². The minimum Gasteiger partial charge on any atom is -0.384 e. The lowest BCUT2D eigenvalue weighted by molar-refractivity contribution is 0.221. The Hall–Kier alpha value is -1.51. The van der Waals surface area contributed by atoms with Crippen LogP contribution in [-0.2, 0) is 6.42 Å². The second kappa shape index (κ2) is 4.63. The van der Waals surface area contributed by atoms with Gasteiger partial charge in [-0.25, -0.2) is 0 Å². The normalized spacial score (nSPS) is 15.0. The van der Waals surface area contributed by atoms with E-state index in [4.69, 9.17) is 11.6 Å². The fraction of sp³-hybridized carbons (Fsp3) is 0.200. The monoisotopic (exact) mass is 259 g/mol. The molecule has 0 bridgehead atoms. The van der Waals surface area contributed by atoms with Crippen LogP contribution in [0.25, 0.3) is 0 Å². The van der Waals surface area contributed by atoms with Gasteiger partial charge in [-0.15, -0.1) is 0 Å². The Morgan fingerprint density at radius 1 is 1.17 bits per heavy atom. The van der Waals surface area contributed by atoms with Crippen LogP contribution in [0, 0.1) is 0 Å². The number of aliphatic hydroxyl groups is 1. The largest absolute Gasteiger partial charge is 0.384 e. The van der Waals surface area contributed by atoms with Crippen molar-refractivity contribution in [3.05, 3.63) is 64.2 Å². The zero-order valence-electron chi connectivity index (χ0n) is 9.86. The third kappa shape index (κ3) is 1.98. The lowest BCUT2D eigenvalue weighted by Crippen LogP contribution is -2.03. The molecule has 0 fully saturated rings. The molecule has 2 N–H and O–H groups in total. The fourth-order valence-electron chi connectivity index (χ4n) is 2.45. The van der Waals surface area contributed by atoms with E-state index >= 15 is 0 Å². The maximum atomic E-state index is 10.5. The maximum absolute atomic E-state index is 10.5. The molecule has 1 heterocycles. The molecule has 0 aromatic heterocycles.